The van der Waals surface area contributed by atoms with E-state index in [0.717, 1.165) is 18.6 Å². The molecule has 2 amide bonds. The van der Waals surface area contributed by atoms with Gasteiger partial charge in [0.1, 0.15) is 17.9 Å². The van der Waals surface area contributed by atoms with E-state index in [1.807, 2.05) is 41.8 Å². The third kappa shape index (κ3) is 3.69. The normalized spacial score (nSPS) is 22.6. The van der Waals surface area contributed by atoms with Crippen molar-refractivity contribution in [3.63, 3.8) is 0 Å². The van der Waals surface area contributed by atoms with Gasteiger partial charge in [-0.15, -0.1) is 11.3 Å². The lowest BCUT2D eigenvalue weighted by molar-refractivity contribution is -0.125. The van der Waals surface area contributed by atoms with Crippen LogP contribution in [0.3, 0.4) is 0 Å². The summed E-state index contributed by atoms with van der Waals surface area (Å²) >= 11 is 1.40. The Kier molecular flexibility index (Phi) is 4.44. The van der Waals surface area contributed by atoms with E-state index in [0.29, 0.717) is 17.8 Å². The molecule has 1 N–H and O–H groups in total. The van der Waals surface area contributed by atoms with Crippen LogP contribution in [0.2, 0.25) is 0 Å². The highest BCUT2D eigenvalue weighted by Gasteiger charge is 2.42. The fraction of sp³-hybridized carbons (Fsp3) is 0.368. The predicted octanol–water partition coefficient (Wildman–Crippen LogP) is 2.69. The fourth-order valence-electron chi connectivity index (χ4n) is 3.11. The van der Waals surface area contributed by atoms with Crippen LogP contribution >= 0.6 is 11.3 Å². The Morgan fingerprint density at radius 1 is 1.12 bits per heavy atom. The number of hydrogen-bond donors (Lipinski definition) is 1. The Morgan fingerprint density at radius 2 is 1.92 bits per heavy atom. The highest BCUT2D eigenvalue weighted by Crippen LogP contribution is 2.27. The molecule has 25 heavy (non-hydrogen) atoms. The molecule has 2 aliphatic rings. The van der Waals surface area contributed by atoms with Gasteiger partial charge >= 0.3 is 0 Å². The van der Waals surface area contributed by atoms with Crippen LogP contribution in [0.5, 0.6) is 5.75 Å². The summed E-state index contributed by atoms with van der Waals surface area (Å²) in [5.41, 5.74) is 0. The fourth-order valence-corrected chi connectivity index (χ4v) is 3.79. The molecule has 6 heteroatoms. The number of carbonyl (C=O) groups is 2. The summed E-state index contributed by atoms with van der Waals surface area (Å²) < 4.78 is 6.00. The summed E-state index contributed by atoms with van der Waals surface area (Å²) in [6.45, 7) is 0.425. The molecule has 2 heterocycles. The lowest BCUT2D eigenvalue weighted by atomic mass is 10.1. The zero-order valence-corrected chi connectivity index (χ0v) is 14.6. The van der Waals surface area contributed by atoms with Crippen LogP contribution in [0.1, 0.15) is 28.9 Å². The van der Waals surface area contributed by atoms with Gasteiger partial charge in [-0.25, -0.2) is 0 Å². The Morgan fingerprint density at radius 3 is 2.60 bits per heavy atom. The molecule has 4 rings (SSSR count). The van der Waals surface area contributed by atoms with Crippen molar-refractivity contribution in [1.82, 2.24) is 10.2 Å². The number of rotatable bonds is 5. The van der Waals surface area contributed by atoms with Crippen LogP contribution in [0, 0.1) is 0 Å². The standard InChI is InChI=1S/C19H20N2O3S/c22-18(20-13-8-9-13)16-11-15(24-14-5-2-1-3-6-14)12-21(16)19(23)17-7-4-10-25-17/h1-7,10,13,15-16H,8-9,11-12H2,(H,20,22)/t15-,16-/m0/s1. The predicted molar refractivity (Wildman–Crippen MR) is 95.8 cm³/mol. The third-order valence-corrected chi connectivity index (χ3v) is 5.39. The maximum Gasteiger partial charge on any atom is 0.264 e. The van der Waals surface area contributed by atoms with Crippen molar-refractivity contribution in [2.45, 2.75) is 37.5 Å². The van der Waals surface area contributed by atoms with E-state index in [1.54, 1.807) is 11.0 Å². The molecule has 1 saturated carbocycles. The SMILES string of the molecule is O=C(NC1CC1)[C@@H]1C[C@H](Oc2ccccc2)CN1C(=O)c1cccs1. The molecule has 2 aromatic rings. The van der Waals surface area contributed by atoms with E-state index in [4.69, 9.17) is 4.74 Å². The Hall–Kier alpha value is -2.34. The maximum absolute atomic E-state index is 12.8. The molecule has 1 aliphatic carbocycles. The number of nitrogens with one attached hydrogen (secondary N) is 1. The molecule has 2 atom stereocenters. The van der Waals surface area contributed by atoms with Crippen molar-refractivity contribution in [1.29, 1.82) is 0 Å². The maximum atomic E-state index is 12.8. The van der Waals surface area contributed by atoms with Gasteiger partial charge in [-0.1, -0.05) is 24.3 Å². The largest absolute Gasteiger partial charge is 0.488 e. The molecule has 1 saturated heterocycles. The van der Waals surface area contributed by atoms with Gasteiger partial charge in [0, 0.05) is 12.5 Å². The van der Waals surface area contributed by atoms with Crippen molar-refractivity contribution in [2.24, 2.45) is 0 Å². The van der Waals surface area contributed by atoms with Crippen molar-refractivity contribution < 1.29 is 14.3 Å². The first kappa shape index (κ1) is 16.1. The minimum absolute atomic E-state index is 0.0634. The van der Waals surface area contributed by atoms with E-state index < -0.39 is 6.04 Å². The Balaban J connectivity index is 1.51. The first-order valence-electron chi connectivity index (χ1n) is 8.57. The molecule has 0 bridgehead atoms. The Labute approximate surface area is 150 Å². The minimum Gasteiger partial charge on any atom is -0.488 e. The molecule has 130 valence electrons. The number of benzene rings is 1. The van der Waals surface area contributed by atoms with Crippen molar-refractivity contribution >= 4 is 23.2 Å². The molecule has 0 unspecified atom stereocenters. The average Bonchev–Trinajstić information content (AvgIpc) is 3.12. The van der Waals surface area contributed by atoms with Crippen molar-refractivity contribution in [3.8, 4) is 5.75 Å². The second kappa shape index (κ2) is 6.88. The van der Waals surface area contributed by atoms with Gasteiger partial charge in [0.15, 0.2) is 0 Å². The molecule has 1 aromatic heterocycles. The zero-order valence-electron chi connectivity index (χ0n) is 13.8. The van der Waals surface area contributed by atoms with Gasteiger partial charge in [-0.05, 0) is 36.4 Å². The average molecular weight is 356 g/mol. The highest BCUT2D eigenvalue weighted by molar-refractivity contribution is 7.12. The zero-order chi connectivity index (χ0) is 17.2. The third-order valence-electron chi connectivity index (χ3n) is 4.53. The van der Waals surface area contributed by atoms with Crippen LogP contribution in [0.15, 0.2) is 47.8 Å². The van der Waals surface area contributed by atoms with Crippen LogP contribution < -0.4 is 10.1 Å². The van der Waals surface area contributed by atoms with Gasteiger partial charge in [-0.2, -0.15) is 0 Å². The molecule has 5 nitrogen and oxygen atoms in total. The van der Waals surface area contributed by atoms with E-state index >= 15 is 0 Å². The van der Waals surface area contributed by atoms with Crippen molar-refractivity contribution in [3.05, 3.63) is 52.7 Å². The summed E-state index contributed by atoms with van der Waals surface area (Å²) in [6, 6.07) is 13.0. The molecule has 0 radical (unpaired) electrons. The number of hydrogen-bond acceptors (Lipinski definition) is 4. The number of ether oxygens (including phenoxy) is 1. The summed E-state index contributed by atoms with van der Waals surface area (Å²) in [6.07, 6.45) is 2.40. The van der Waals surface area contributed by atoms with Gasteiger partial charge in [0.25, 0.3) is 5.91 Å². The van der Waals surface area contributed by atoms with Gasteiger partial charge in [0.2, 0.25) is 5.91 Å². The summed E-state index contributed by atoms with van der Waals surface area (Å²) in [4.78, 5) is 27.8. The molecular formula is C19H20N2O3S. The first-order valence-corrected chi connectivity index (χ1v) is 9.45. The minimum atomic E-state index is -0.469. The summed E-state index contributed by atoms with van der Waals surface area (Å²) in [7, 11) is 0. The van der Waals surface area contributed by atoms with Crippen LogP contribution in [0.25, 0.3) is 0 Å². The quantitative estimate of drug-likeness (QED) is 0.896. The molecule has 2 fully saturated rings. The number of thiophene rings is 1. The number of amides is 2. The molecule has 1 aliphatic heterocycles. The summed E-state index contributed by atoms with van der Waals surface area (Å²) in [5.74, 6) is 0.607. The number of para-hydroxylation sites is 1. The molecule has 0 spiro atoms. The second-order valence-electron chi connectivity index (χ2n) is 6.52. The van der Waals surface area contributed by atoms with E-state index in [2.05, 4.69) is 5.32 Å². The van der Waals surface area contributed by atoms with Gasteiger partial charge in [-0.3, -0.25) is 9.59 Å². The summed E-state index contributed by atoms with van der Waals surface area (Å²) in [5, 5.41) is 4.90. The van der Waals surface area contributed by atoms with Gasteiger partial charge in [0.05, 0.1) is 11.4 Å². The number of nitrogens with zero attached hydrogens (tertiary/aromatic N) is 1. The van der Waals surface area contributed by atoms with Crippen LogP contribution in [0.4, 0.5) is 0 Å². The number of likely N-dealkylation sites (tertiary alicyclic amines) is 1. The highest BCUT2D eigenvalue weighted by atomic mass is 32.1. The van der Waals surface area contributed by atoms with E-state index in [9.17, 15) is 9.59 Å². The lowest BCUT2D eigenvalue weighted by Gasteiger charge is -2.23. The monoisotopic (exact) mass is 356 g/mol. The van der Waals surface area contributed by atoms with E-state index in [1.165, 1.54) is 11.3 Å². The van der Waals surface area contributed by atoms with Crippen LogP contribution in [-0.2, 0) is 4.79 Å². The molecular weight excluding hydrogens is 336 g/mol. The number of carbonyl (C=O) groups excluding carboxylic acids is 2. The van der Waals surface area contributed by atoms with Crippen molar-refractivity contribution in [2.75, 3.05) is 6.54 Å². The molecule has 1 aromatic carbocycles. The first-order chi connectivity index (χ1) is 12.2. The van der Waals surface area contributed by atoms with Gasteiger partial charge < -0.3 is 15.0 Å². The van der Waals surface area contributed by atoms with Crippen LogP contribution in [-0.4, -0.2) is 41.4 Å². The lowest BCUT2D eigenvalue weighted by Crippen LogP contribution is -2.46. The van der Waals surface area contributed by atoms with E-state index in [-0.39, 0.29) is 24.0 Å². The topological polar surface area (TPSA) is 58.6 Å². The second-order valence-corrected chi connectivity index (χ2v) is 7.47. The smallest absolute Gasteiger partial charge is 0.264 e. The Bertz CT molecular complexity index is 743.